The molecule has 0 saturated carbocycles. The zero-order valence-corrected chi connectivity index (χ0v) is 12.9. The van der Waals surface area contributed by atoms with Crippen LogP contribution in [0, 0.1) is 0 Å². The largest absolute Gasteiger partial charge is 0.313 e. The molecule has 0 amide bonds. The van der Waals surface area contributed by atoms with Gasteiger partial charge in [0.15, 0.2) is 0 Å². The molecule has 0 saturated heterocycles. The van der Waals surface area contributed by atoms with E-state index < -0.39 is 10.0 Å². The molecule has 0 aromatic heterocycles. The summed E-state index contributed by atoms with van der Waals surface area (Å²) in [6.45, 7) is 4.85. The summed E-state index contributed by atoms with van der Waals surface area (Å²) in [6.07, 6.45) is 0.661. The van der Waals surface area contributed by atoms with E-state index in [-0.39, 0.29) is 5.75 Å². The monoisotopic (exact) mass is 304 g/mol. The first kappa shape index (κ1) is 16.4. The van der Waals surface area contributed by atoms with E-state index in [9.17, 15) is 8.42 Å². The highest BCUT2D eigenvalue weighted by atomic mass is 35.5. The van der Waals surface area contributed by atoms with E-state index in [1.54, 1.807) is 12.1 Å². The molecular formula is C13H21ClN2O2S. The van der Waals surface area contributed by atoms with E-state index in [0.29, 0.717) is 30.6 Å². The van der Waals surface area contributed by atoms with Gasteiger partial charge in [0.25, 0.3) is 0 Å². The van der Waals surface area contributed by atoms with E-state index in [1.165, 1.54) is 0 Å². The van der Waals surface area contributed by atoms with E-state index in [0.717, 1.165) is 5.56 Å². The summed E-state index contributed by atoms with van der Waals surface area (Å²) in [5.41, 5.74) is 1.06. The first-order valence-electron chi connectivity index (χ1n) is 6.34. The molecule has 0 fully saturated rings. The van der Waals surface area contributed by atoms with Gasteiger partial charge in [-0.2, -0.15) is 0 Å². The summed E-state index contributed by atoms with van der Waals surface area (Å²) in [6, 6.07) is 7.70. The van der Waals surface area contributed by atoms with Crippen LogP contribution in [0.15, 0.2) is 24.3 Å². The molecule has 0 radical (unpaired) electrons. The van der Waals surface area contributed by atoms with Crippen LogP contribution >= 0.6 is 11.6 Å². The standard InChI is InChI=1S/C13H21ClN2O2S/c1-11(2)15-9-10-19(17,18)16-8-7-12-3-5-13(14)6-4-12/h3-6,11,15-16H,7-10H2,1-2H3. The Labute approximate surface area is 120 Å². The normalized spacial score (nSPS) is 12.0. The molecule has 19 heavy (non-hydrogen) atoms. The highest BCUT2D eigenvalue weighted by Crippen LogP contribution is 2.09. The predicted molar refractivity (Wildman–Crippen MR) is 80.1 cm³/mol. The lowest BCUT2D eigenvalue weighted by molar-refractivity contribution is 0.567. The summed E-state index contributed by atoms with van der Waals surface area (Å²) in [5.74, 6) is 0.103. The van der Waals surface area contributed by atoms with Gasteiger partial charge in [-0.15, -0.1) is 0 Å². The highest BCUT2D eigenvalue weighted by Gasteiger charge is 2.09. The Morgan fingerprint density at radius 3 is 2.37 bits per heavy atom. The summed E-state index contributed by atoms with van der Waals surface area (Å²) < 4.78 is 26.0. The molecule has 0 aliphatic rings. The maximum atomic E-state index is 11.7. The van der Waals surface area contributed by atoms with Gasteiger partial charge in [0.1, 0.15) is 0 Å². The van der Waals surface area contributed by atoms with Crippen LogP contribution < -0.4 is 10.0 Å². The Morgan fingerprint density at radius 2 is 1.79 bits per heavy atom. The Bertz CT molecular complexity index is 472. The molecule has 108 valence electrons. The number of sulfonamides is 1. The first-order chi connectivity index (χ1) is 8.89. The van der Waals surface area contributed by atoms with Crippen molar-refractivity contribution in [3.05, 3.63) is 34.9 Å². The third kappa shape index (κ3) is 7.52. The SMILES string of the molecule is CC(C)NCCS(=O)(=O)NCCc1ccc(Cl)cc1. The van der Waals surface area contributed by atoms with Crippen LogP contribution in [0.4, 0.5) is 0 Å². The van der Waals surface area contributed by atoms with Gasteiger partial charge >= 0.3 is 0 Å². The Hall–Kier alpha value is -0.620. The zero-order valence-electron chi connectivity index (χ0n) is 11.3. The number of nitrogens with one attached hydrogen (secondary N) is 2. The van der Waals surface area contributed by atoms with Crippen molar-refractivity contribution in [2.75, 3.05) is 18.8 Å². The van der Waals surface area contributed by atoms with Gasteiger partial charge in [0.2, 0.25) is 10.0 Å². The fourth-order valence-electron chi connectivity index (χ4n) is 1.56. The van der Waals surface area contributed by atoms with Crippen LogP contribution in [0.5, 0.6) is 0 Å². The number of halogens is 1. The lowest BCUT2D eigenvalue weighted by Crippen LogP contribution is -2.35. The van der Waals surface area contributed by atoms with Crippen LogP contribution in [-0.2, 0) is 16.4 Å². The van der Waals surface area contributed by atoms with Crippen LogP contribution in [0.1, 0.15) is 19.4 Å². The van der Waals surface area contributed by atoms with Crippen molar-refractivity contribution in [2.45, 2.75) is 26.3 Å². The molecule has 1 aromatic carbocycles. The number of hydrogen-bond donors (Lipinski definition) is 2. The molecule has 0 atom stereocenters. The number of benzene rings is 1. The van der Waals surface area contributed by atoms with E-state index in [1.807, 2.05) is 26.0 Å². The molecular weight excluding hydrogens is 284 g/mol. The first-order valence-corrected chi connectivity index (χ1v) is 8.37. The van der Waals surface area contributed by atoms with E-state index in [4.69, 9.17) is 11.6 Å². The van der Waals surface area contributed by atoms with Gasteiger partial charge in [-0.05, 0) is 24.1 Å². The second-order valence-corrected chi connectivity index (χ2v) is 7.06. The Morgan fingerprint density at radius 1 is 1.16 bits per heavy atom. The van der Waals surface area contributed by atoms with Gasteiger partial charge in [0.05, 0.1) is 5.75 Å². The smallest absolute Gasteiger partial charge is 0.212 e. The third-order valence-electron chi connectivity index (χ3n) is 2.57. The molecule has 2 N–H and O–H groups in total. The molecule has 0 unspecified atom stereocenters. The lowest BCUT2D eigenvalue weighted by atomic mass is 10.2. The summed E-state index contributed by atoms with van der Waals surface area (Å²) >= 11 is 5.78. The minimum atomic E-state index is -3.19. The quantitative estimate of drug-likeness (QED) is 0.770. The van der Waals surface area contributed by atoms with Crippen LogP contribution in [0.3, 0.4) is 0 Å². The lowest BCUT2D eigenvalue weighted by Gasteiger charge is -2.09. The molecule has 1 aromatic rings. The average molecular weight is 305 g/mol. The predicted octanol–water partition coefficient (Wildman–Crippen LogP) is 1.80. The van der Waals surface area contributed by atoms with E-state index in [2.05, 4.69) is 10.0 Å². The maximum absolute atomic E-state index is 11.7. The Kier molecular flexibility index (Phi) is 6.79. The number of hydrogen-bond acceptors (Lipinski definition) is 3. The fourth-order valence-corrected chi connectivity index (χ4v) is 2.63. The Balaban J connectivity index is 2.29. The van der Waals surface area contributed by atoms with Crippen molar-refractivity contribution in [3.63, 3.8) is 0 Å². The van der Waals surface area contributed by atoms with Crippen molar-refractivity contribution in [1.82, 2.24) is 10.0 Å². The second kappa shape index (κ2) is 7.85. The molecule has 0 bridgehead atoms. The molecule has 0 aliphatic heterocycles. The fraction of sp³-hybridized carbons (Fsp3) is 0.538. The van der Waals surface area contributed by atoms with Crippen molar-refractivity contribution < 1.29 is 8.42 Å². The molecule has 0 spiro atoms. The molecule has 1 rings (SSSR count). The third-order valence-corrected chi connectivity index (χ3v) is 4.21. The summed E-state index contributed by atoms with van der Waals surface area (Å²) in [4.78, 5) is 0. The van der Waals surface area contributed by atoms with Gasteiger partial charge in [0, 0.05) is 24.2 Å². The van der Waals surface area contributed by atoms with Crippen molar-refractivity contribution in [2.24, 2.45) is 0 Å². The maximum Gasteiger partial charge on any atom is 0.212 e. The second-order valence-electron chi connectivity index (χ2n) is 4.70. The molecule has 0 aliphatic carbocycles. The minimum Gasteiger partial charge on any atom is -0.313 e. The molecule has 6 heteroatoms. The van der Waals surface area contributed by atoms with Gasteiger partial charge in [-0.1, -0.05) is 37.6 Å². The summed E-state index contributed by atoms with van der Waals surface area (Å²) in [5, 5.41) is 3.77. The van der Waals surface area contributed by atoms with Crippen LogP contribution in [0.2, 0.25) is 5.02 Å². The van der Waals surface area contributed by atoms with Crippen molar-refractivity contribution in [3.8, 4) is 0 Å². The topological polar surface area (TPSA) is 58.2 Å². The average Bonchev–Trinajstić information content (AvgIpc) is 2.30. The minimum absolute atomic E-state index is 0.103. The van der Waals surface area contributed by atoms with Gasteiger partial charge in [-0.25, -0.2) is 13.1 Å². The van der Waals surface area contributed by atoms with Gasteiger partial charge < -0.3 is 5.32 Å². The van der Waals surface area contributed by atoms with Crippen molar-refractivity contribution in [1.29, 1.82) is 0 Å². The molecule has 0 heterocycles. The summed E-state index contributed by atoms with van der Waals surface area (Å²) in [7, 11) is -3.19. The van der Waals surface area contributed by atoms with Crippen LogP contribution in [-0.4, -0.2) is 33.3 Å². The van der Waals surface area contributed by atoms with Gasteiger partial charge in [-0.3, -0.25) is 0 Å². The highest BCUT2D eigenvalue weighted by molar-refractivity contribution is 7.89. The number of rotatable bonds is 8. The van der Waals surface area contributed by atoms with E-state index >= 15 is 0 Å². The zero-order chi connectivity index (χ0) is 14.3. The molecule has 4 nitrogen and oxygen atoms in total. The van der Waals surface area contributed by atoms with Crippen molar-refractivity contribution >= 4 is 21.6 Å². The van der Waals surface area contributed by atoms with Crippen LogP contribution in [0.25, 0.3) is 0 Å².